The summed E-state index contributed by atoms with van der Waals surface area (Å²) in [5, 5.41) is 7.51. The molecule has 52 heavy (non-hydrogen) atoms. The van der Waals surface area contributed by atoms with E-state index >= 15 is 0 Å². The number of para-hydroxylation sites is 1. The lowest BCUT2D eigenvalue weighted by atomic mass is 9.82. The van der Waals surface area contributed by atoms with E-state index in [0.717, 1.165) is 39.0 Å². The fraction of sp³-hybridized carbons (Fsp3) is 0.0612. The van der Waals surface area contributed by atoms with Gasteiger partial charge in [-0.15, -0.1) is 11.3 Å². The van der Waals surface area contributed by atoms with Gasteiger partial charge in [0.2, 0.25) is 0 Å². The standard InChI is InChI=1S/C49H33NOS/c1-49(2)43-16-7-5-12-37(43)42-28-33(24-27-44(42)49)50(34-23-26-39-38-13-6-8-17-45(38)51-46(39)29-34)32-21-18-31(19-22-32)36-14-9-15-40-41-25-20-30-10-3-4-11-35(30)48(41)52-47(36)40/h3-29H,1-2H3. The van der Waals surface area contributed by atoms with E-state index in [-0.39, 0.29) is 5.41 Å². The number of hydrogen-bond acceptors (Lipinski definition) is 3. The maximum atomic E-state index is 6.41. The Hall–Kier alpha value is -6.16. The highest BCUT2D eigenvalue weighted by molar-refractivity contribution is 7.27. The summed E-state index contributed by atoms with van der Waals surface area (Å²) in [7, 11) is 0. The van der Waals surface area contributed by atoms with Crippen LogP contribution in [-0.4, -0.2) is 0 Å². The Morgan fingerprint density at radius 3 is 1.98 bits per heavy atom. The first-order valence-corrected chi connectivity index (χ1v) is 18.7. The predicted octanol–water partition coefficient (Wildman–Crippen LogP) is 14.6. The molecule has 0 amide bonds. The van der Waals surface area contributed by atoms with Gasteiger partial charge >= 0.3 is 0 Å². The highest BCUT2D eigenvalue weighted by atomic mass is 32.1. The van der Waals surface area contributed by atoms with Gasteiger partial charge in [0.1, 0.15) is 11.2 Å². The molecule has 0 bridgehead atoms. The molecule has 0 saturated carbocycles. The summed E-state index contributed by atoms with van der Waals surface area (Å²) in [6, 6.07) is 59.9. The fourth-order valence-electron chi connectivity index (χ4n) is 8.69. The van der Waals surface area contributed by atoms with Gasteiger partial charge in [-0.3, -0.25) is 0 Å². The summed E-state index contributed by atoms with van der Waals surface area (Å²) in [6.45, 7) is 4.67. The van der Waals surface area contributed by atoms with Gasteiger partial charge in [0.15, 0.2) is 0 Å². The van der Waals surface area contributed by atoms with Crippen LogP contribution in [0.2, 0.25) is 0 Å². The maximum Gasteiger partial charge on any atom is 0.137 e. The minimum Gasteiger partial charge on any atom is -0.456 e. The molecule has 2 aromatic heterocycles. The van der Waals surface area contributed by atoms with Crippen LogP contribution >= 0.6 is 11.3 Å². The van der Waals surface area contributed by atoms with Crippen LogP contribution in [0.4, 0.5) is 17.1 Å². The van der Waals surface area contributed by atoms with Gasteiger partial charge in [-0.25, -0.2) is 0 Å². The number of furan rings is 1. The highest BCUT2D eigenvalue weighted by Crippen LogP contribution is 2.51. The normalized spacial score (nSPS) is 13.3. The van der Waals surface area contributed by atoms with E-state index in [1.54, 1.807) is 0 Å². The first-order chi connectivity index (χ1) is 25.5. The molecule has 2 nitrogen and oxygen atoms in total. The van der Waals surface area contributed by atoms with Gasteiger partial charge in [-0.05, 0) is 86.6 Å². The molecule has 2 heterocycles. The second-order valence-corrected chi connectivity index (χ2v) is 15.5. The largest absolute Gasteiger partial charge is 0.456 e. The molecule has 10 aromatic rings. The molecule has 0 saturated heterocycles. The quantitative estimate of drug-likeness (QED) is 0.184. The minimum atomic E-state index is -0.0516. The van der Waals surface area contributed by atoms with Crippen LogP contribution in [-0.2, 0) is 5.41 Å². The summed E-state index contributed by atoms with van der Waals surface area (Å²) in [4.78, 5) is 2.37. The molecule has 0 fully saturated rings. The van der Waals surface area contributed by atoms with Gasteiger partial charge in [0, 0.05) is 59.5 Å². The average molecular weight is 684 g/mol. The van der Waals surface area contributed by atoms with E-state index in [2.05, 4.69) is 170 Å². The van der Waals surface area contributed by atoms with Gasteiger partial charge in [0.25, 0.3) is 0 Å². The van der Waals surface area contributed by atoms with Crippen molar-refractivity contribution in [1.29, 1.82) is 0 Å². The summed E-state index contributed by atoms with van der Waals surface area (Å²) in [5.74, 6) is 0. The van der Waals surface area contributed by atoms with Crippen LogP contribution in [0.15, 0.2) is 168 Å². The predicted molar refractivity (Wildman–Crippen MR) is 222 cm³/mol. The summed E-state index contributed by atoms with van der Waals surface area (Å²) in [6.07, 6.45) is 0. The molecule has 11 rings (SSSR count). The Morgan fingerprint density at radius 2 is 1.08 bits per heavy atom. The first kappa shape index (κ1) is 29.6. The van der Waals surface area contributed by atoms with Gasteiger partial charge in [0.05, 0.1) is 0 Å². The third kappa shape index (κ3) is 4.23. The molecule has 1 aliphatic rings. The van der Waals surface area contributed by atoms with E-state index in [1.807, 2.05) is 23.5 Å². The average Bonchev–Trinajstić information content (AvgIpc) is 3.83. The van der Waals surface area contributed by atoms with Crippen molar-refractivity contribution in [3.8, 4) is 22.3 Å². The van der Waals surface area contributed by atoms with Crippen molar-refractivity contribution in [1.82, 2.24) is 0 Å². The molecule has 246 valence electrons. The lowest BCUT2D eigenvalue weighted by Crippen LogP contribution is -2.15. The van der Waals surface area contributed by atoms with Crippen molar-refractivity contribution in [3.05, 3.63) is 175 Å². The van der Waals surface area contributed by atoms with Crippen LogP contribution in [0.1, 0.15) is 25.0 Å². The number of rotatable bonds is 4. The highest BCUT2D eigenvalue weighted by Gasteiger charge is 2.35. The van der Waals surface area contributed by atoms with E-state index in [9.17, 15) is 0 Å². The monoisotopic (exact) mass is 683 g/mol. The fourth-order valence-corrected chi connectivity index (χ4v) is 10.1. The van der Waals surface area contributed by atoms with Crippen molar-refractivity contribution < 1.29 is 4.42 Å². The second-order valence-electron chi connectivity index (χ2n) is 14.5. The zero-order chi connectivity index (χ0) is 34.6. The van der Waals surface area contributed by atoms with E-state index in [4.69, 9.17) is 4.42 Å². The molecule has 8 aromatic carbocycles. The third-order valence-electron chi connectivity index (χ3n) is 11.3. The number of nitrogens with zero attached hydrogens (tertiary/aromatic N) is 1. The lowest BCUT2D eigenvalue weighted by Gasteiger charge is -2.27. The number of hydrogen-bond donors (Lipinski definition) is 0. The van der Waals surface area contributed by atoms with Crippen LogP contribution in [0.5, 0.6) is 0 Å². The lowest BCUT2D eigenvalue weighted by molar-refractivity contribution is 0.660. The number of anilines is 3. The second kappa shape index (κ2) is 10.9. The molecule has 3 heteroatoms. The zero-order valence-corrected chi connectivity index (χ0v) is 29.7. The molecule has 0 unspecified atom stereocenters. The SMILES string of the molecule is CC1(C)c2ccccc2-c2cc(N(c3ccc(-c4cccc5c4sc4c6ccccc6ccc54)cc3)c3ccc4c(c3)oc3ccccc34)ccc21. The Bertz CT molecular complexity index is 3050. The Labute approximate surface area is 305 Å². The van der Waals surface area contributed by atoms with Gasteiger partial charge < -0.3 is 9.32 Å². The summed E-state index contributed by atoms with van der Waals surface area (Å²) >= 11 is 1.90. The first-order valence-electron chi connectivity index (χ1n) is 17.9. The molecule has 0 aliphatic heterocycles. The van der Waals surface area contributed by atoms with E-state index in [0.29, 0.717) is 0 Å². The molecule has 0 spiro atoms. The Morgan fingerprint density at radius 1 is 0.442 bits per heavy atom. The van der Waals surface area contributed by atoms with Crippen LogP contribution in [0.25, 0.3) is 75.1 Å². The van der Waals surface area contributed by atoms with Gasteiger partial charge in [-0.2, -0.15) is 0 Å². The maximum absolute atomic E-state index is 6.41. The van der Waals surface area contributed by atoms with Crippen molar-refractivity contribution >= 4 is 81.3 Å². The van der Waals surface area contributed by atoms with Crippen molar-refractivity contribution in [2.45, 2.75) is 19.3 Å². The molecule has 0 radical (unpaired) electrons. The topological polar surface area (TPSA) is 16.4 Å². The van der Waals surface area contributed by atoms with Crippen LogP contribution in [0.3, 0.4) is 0 Å². The van der Waals surface area contributed by atoms with Gasteiger partial charge in [-0.1, -0.05) is 129 Å². The van der Waals surface area contributed by atoms with E-state index < -0.39 is 0 Å². The molecular formula is C49H33NOS. The number of thiophene rings is 1. The number of benzene rings is 8. The summed E-state index contributed by atoms with van der Waals surface area (Å²) < 4.78 is 9.09. The molecule has 1 aliphatic carbocycles. The zero-order valence-electron chi connectivity index (χ0n) is 28.9. The smallest absolute Gasteiger partial charge is 0.137 e. The van der Waals surface area contributed by atoms with Crippen molar-refractivity contribution in [2.24, 2.45) is 0 Å². The third-order valence-corrected chi connectivity index (χ3v) is 12.6. The minimum absolute atomic E-state index is 0.0516. The molecular weight excluding hydrogens is 651 g/mol. The number of fused-ring (bicyclic) bond motifs is 11. The van der Waals surface area contributed by atoms with Crippen molar-refractivity contribution in [2.75, 3.05) is 4.90 Å². The molecule has 0 N–H and O–H groups in total. The Balaban J connectivity index is 1.07. The summed E-state index contributed by atoms with van der Waals surface area (Å²) in [5.41, 5.74) is 12.9. The van der Waals surface area contributed by atoms with Crippen molar-refractivity contribution in [3.63, 3.8) is 0 Å². The Kier molecular flexibility index (Phi) is 6.21. The molecule has 0 atom stereocenters. The van der Waals surface area contributed by atoms with Crippen LogP contribution in [0, 0.1) is 0 Å². The van der Waals surface area contributed by atoms with Crippen LogP contribution < -0.4 is 4.90 Å². The van der Waals surface area contributed by atoms with E-state index in [1.165, 1.54) is 64.3 Å².